The molecule has 2 N–H and O–H groups in total. The number of ether oxygens (including phenoxy) is 3. The Morgan fingerprint density at radius 3 is 2.34 bits per heavy atom. The molecule has 182 valence electrons. The molecule has 2 amide bonds. The average Bonchev–Trinajstić information content (AvgIpc) is 2.87. The van der Waals surface area contributed by atoms with Gasteiger partial charge in [-0.1, -0.05) is 30.3 Å². The summed E-state index contributed by atoms with van der Waals surface area (Å²) in [5, 5.41) is 8.56. The Bertz CT molecular complexity index is 1190. The van der Waals surface area contributed by atoms with Crippen molar-refractivity contribution < 1.29 is 28.6 Å². The lowest BCUT2D eigenvalue weighted by molar-refractivity contribution is -0.145. The maximum absolute atomic E-state index is 12.2. The lowest BCUT2D eigenvalue weighted by atomic mass is 10.1. The highest BCUT2D eigenvalue weighted by atomic mass is 16.6. The fourth-order valence-electron chi connectivity index (χ4n) is 3.02. The number of amides is 2. The zero-order valence-corrected chi connectivity index (χ0v) is 19.5. The molecule has 3 aromatic carbocycles. The maximum atomic E-state index is 12.2. The smallest absolute Gasteiger partial charge is 0.344 e. The van der Waals surface area contributed by atoms with Crippen LogP contribution in [0.4, 0.5) is 0 Å². The zero-order valence-electron chi connectivity index (χ0n) is 19.5. The molecule has 1 atom stereocenters. The van der Waals surface area contributed by atoms with E-state index in [0.717, 1.165) is 10.8 Å². The van der Waals surface area contributed by atoms with Gasteiger partial charge in [-0.2, -0.15) is 5.10 Å². The van der Waals surface area contributed by atoms with E-state index >= 15 is 0 Å². The first-order valence-corrected chi connectivity index (χ1v) is 11.1. The van der Waals surface area contributed by atoms with Crippen molar-refractivity contribution in [1.29, 1.82) is 0 Å². The van der Waals surface area contributed by atoms with Crippen LogP contribution in [0.3, 0.4) is 0 Å². The highest BCUT2D eigenvalue weighted by Crippen LogP contribution is 2.20. The molecule has 0 heterocycles. The number of benzene rings is 3. The van der Waals surface area contributed by atoms with Crippen molar-refractivity contribution in [3.05, 3.63) is 72.3 Å². The van der Waals surface area contributed by atoms with Gasteiger partial charge in [0, 0.05) is 0 Å². The van der Waals surface area contributed by atoms with Gasteiger partial charge in [0.1, 0.15) is 17.5 Å². The predicted octanol–water partition coefficient (Wildman–Crippen LogP) is 2.82. The molecule has 0 saturated heterocycles. The summed E-state index contributed by atoms with van der Waals surface area (Å²) in [7, 11) is 0. The van der Waals surface area contributed by atoms with Crippen LogP contribution in [0.2, 0.25) is 0 Å². The zero-order chi connectivity index (χ0) is 25.0. The molecule has 0 fully saturated rings. The van der Waals surface area contributed by atoms with E-state index in [-0.39, 0.29) is 13.2 Å². The van der Waals surface area contributed by atoms with E-state index in [4.69, 9.17) is 14.2 Å². The minimum absolute atomic E-state index is 0.172. The number of hydrogen-bond donors (Lipinski definition) is 2. The van der Waals surface area contributed by atoms with Crippen molar-refractivity contribution in [1.82, 2.24) is 10.7 Å². The van der Waals surface area contributed by atoms with Gasteiger partial charge in [0.05, 0.1) is 12.8 Å². The highest BCUT2D eigenvalue weighted by molar-refractivity contribution is 5.89. The van der Waals surface area contributed by atoms with E-state index < -0.39 is 23.8 Å². The first-order valence-electron chi connectivity index (χ1n) is 11.1. The van der Waals surface area contributed by atoms with Crippen LogP contribution in [-0.4, -0.2) is 49.9 Å². The normalized spacial score (nSPS) is 11.6. The van der Waals surface area contributed by atoms with Crippen LogP contribution in [0.5, 0.6) is 11.5 Å². The molecule has 0 spiro atoms. The number of nitrogens with one attached hydrogen (secondary N) is 2. The Morgan fingerprint density at radius 1 is 0.914 bits per heavy atom. The van der Waals surface area contributed by atoms with Gasteiger partial charge in [0.2, 0.25) is 0 Å². The minimum Gasteiger partial charge on any atom is -0.484 e. The van der Waals surface area contributed by atoms with Crippen molar-refractivity contribution in [2.75, 3.05) is 19.8 Å². The summed E-state index contributed by atoms with van der Waals surface area (Å²) in [4.78, 5) is 35.7. The third kappa shape index (κ3) is 8.15. The molecule has 0 aromatic heterocycles. The number of fused-ring (bicyclic) bond motifs is 1. The van der Waals surface area contributed by atoms with Gasteiger partial charge in [-0.3, -0.25) is 9.59 Å². The van der Waals surface area contributed by atoms with Gasteiger partial charge in [-0.15, -0.1) is 0 Å². The second-order valence-corrected chi connectivity index (χ2v) is 7.48. The topological polar surface area (TPSA) is 115 Å². The summed E-state index contributed by atoms with van der Waals surface area (Å²) in [6.45, 7) is 3.18. The van der Waals surface area contributed by atoms with Crippen molar-refractivity contribution in [3.8, 4) is 11.5 Å². The lowest BCUT2D eigenvalue weighted by Crippen LogP contribution is -2.45. The third-order valence-corrected chi connectivity index (χ3v) is 4.79. The van der Waals surface area contributed by atoms with Gasteiger partial charge < -0.3 is 19.5 Å². The number of hydrazone groups is 1. The van der Waals surface area contributed by atoms with Gasteiger partial charge in [-0.25, -0.2) is 10.2 Å². The van der Waals surface area contributed by atoms with E-state index in [0.29, 0.717) is 23.7 Å². The van der Waals surface area contributed by atoms with E-state index in [2.05, 4.69) is 15.8 Å². The monoisotopic (exact) mass is 477 g/mol. The molecule has 0 aliphatic heterocycles. The van der Waals surface area contributed by atoms with Gasteiger partial charge >= 0.3 is 5.97 Å². The molecule has 35 heavy (non-hydrogen) atoms. The van der Waals surface area contributed by atoms with E-state index in [9.17, 15) is 14.4 Å². The first-order chi connectivity index (χ1) is 16.9. The average molecular weight is 478 g/mol. The largest absolute Gasteiger partial charge is 0.484 e. The Morgan fingerprint density at radius 2 is 1.60 bits per heavy atom. The SMILES string of the molecule is CCOC(=O)COc1ccc(C=NNC(=O)C(C)NC(=O)COc2ccc3ccccc3c2)cc1. The van der Waals surface area contributed by atoms with Crippen molar-refractivity contribution in [2.45, 2.75) is 19.9 Å². The van der Waals surface area contributed by atoms with Crippen molar-refractivity contribution in [2.24, 2.45) is 5.10 Å². The molecular formula is C26H27N3O6. The maximum Gasteiger partial charge on any atom is 0.344 e. The highest BCUT2D eigenvalue weighted by Gasteiger charge is 2.15. The van der Waals surface area contributed by atoms with Gasteiger partial charge in [0.15, 0.2) is 13.2 Å². The summed E-state index contributed by atoms with van der Waals surface area (Å²) < 4.78 is 15.6. The Hall–Kier alpha value is -4.40. The van der Waals surface area contributed by atoms with Crippen molar-refractivity contribution >= 4 is 34.8 Å². The number of esters is 1. The Kier molecular flexibility index (Phi) is 9.18. The van der Waals surface area contributed by atoms with Crippen LogP contribution >= 0.6 is 0 Å². The first kappa shape index (κ1) is 25.2. The Labute approximate surface area is 203 Å². The van der Waals surface area contributed by atoms with Gasteiger partial charge in [-0.05, 0) is 66.6 Å². The second kappa shape index (κ2) is 12.7. The molecule has 3 rings (SSSR count). The molecule has 0 saturated carbocycles. The molecule has 1 unspecified atom stereocenters. The number of carbonyl (C=O) groups is 3. The molecule has 9 heteroatoms. The quantitative estimate of drug-likeness (QED) is 0.249. The fraction of sp³-hybridized carbons (Fsp3) is 0.231. The van der Waals surface area contributed by atoms with Crippen LogP contribution in [0.25, 0.3) is 10.8 Å². The van der Waals surface area contributed by atoms with Gasteiger partial charge in [0.25, 0.3) is 11.8 Å². The molecule has 3 aromatic rings. The van der Waals surface area contributed by atoms with E-state index in [1.165, 1.54) is 6.21 Å². The number of carbonyl (C=O) groups excluding carboxylic acids is 3. The van der Waals surface area contributed by atoms with Crippen LogP contribution < -0.4 is 20.2 Å². The van der Waals surface area contributed by atoms with E-state index in [1.807, 2.05) is 36.4 Å². The third-order valence-electron chi connectivity index (χ3n) is 4.79. The summed E-state index contributed by atoms with van der Waals surface area (Å²) in [6.07, 6.45) is 1.45. The number of hydrogen-bond acceptors (Lipinski definition) is 7. The lowest BCUT2D eigenvalue weighted by Gasteiger charge is -2.13. The summed E-state index contributed by atoms with van der Waals surface area (Å²) >= 11 is 0. The summed E-state index contributed by atoms with van der Waals surface area (Å²) in [5.74, 6) is -0.278. The fourth-order valence-corrected chi connectivity index (χ4v) is 3.02. The predicted molar refractivity (Wildman–Crippen MR) is 131 cm³/mol. The Balaban J connectivity index is 1.39. The molecule has 0 aliphatic rings. The summed E-state index contributed by atoms with van der Waals surface area (Å²) in [5.41, 5.74) is 3.08. The van der Waals surface area contributed by atoms with Crippen LogP contribution in [0.1, 0.15) is 19.4 Å². The standard InChI is InChI=1S/C26H27N3O6/c1-3-33-25(31)17-35-22-11-8-19(9-12-22)15-27-29-26(32)18(2)28-24(30)16-34-23-13-10-20-6-4-5-7-21(20)14-23/h4-15,18H,3,16-17H2,1-2H3,(H,28,30)(H,29,32). The van der Waals surface area contributed by atoms with Crippen LogP contribution in [0, 0.1) is 0 Å². The molecular weight excluding hydrogens is 450 g/mol. The minimum atomic E-state index is -0.807. The molecule has 9 nitrogen and oxygen atoms in total. The number of nitrogens with zero attached hydrogens (tertiary/aromatic N) is 1. The summed E-state index contributed by atoms with van der Waals surface area (Å²) in [6, 6.07) is 19.4. The molecule has 0 bridgehead atoms. The van der Waals surface area contributed by atoms with Crippen molar-refractivity contribution in [3.63, 3.8) is 0 Å². The molecule has 0 aliphatic carbocycles. The van der Waals surface area contributed by atoms with Crippen LogP contribution in [0.15, 0.2) is 71.8 Å². The second-order valence-electron chi connectivity index (χ2n) is 7.48. The van der Waals surface area contributed by atoms with Crippen LogP contribution in [-0.2, 0) is 19.1 Å². The molecule has 0 radical (unpaired) electrons. The number of rotatable bonds is 11. The van der Waals surface area contributed by atoms with E-state index in [1.54, 1.807) is 44.2 Å².